The third-order valence-corrected chi connectivity index (χ3v) is 4.00. The average molecular weight is 332 g/mol. The second kappa shape index (κ2) is 6.73. The van der Waals surface area contributed by atoms with Crippen LogP contribution in [0.25, 0.3) is 0 Å². The van der Waals surface area contributed by atoms with Crippen LogP contribution in [0.2, 0.25) is 5.02 Å². The normalized spacial score (nSPS) is 11.7. The predicted octanol–water partition coefficient (Wildman–Crippen LogP) is 5.23. The Kier molecular flexibility index (Phi) is 5.19. The molecule has 0 amide bonds. The molecule has 112 valence electrons. The summed E-state index contributed by atoms with van der Waals surface area (Å²) in [5.41, 5.74) is -0.371. The summed E-state index contributed by atoms with van der Waals surface area (Å²) in [7, 11) is 1.62. The van der Waals surface area contributed by atoms with Crippen molar-refractivity contribution in [2.75, 3.05) is 7.05 Å². The highest BCUT2D eigenvalue weighted by Gasteiger charge is 2.33. The van der Waals surface area contributed by atoms with Crippen LogP contribution in [0.1, 0.15) is 11.1 Å². The lowest BCUT2D eigenvalue weighted by atomic mass is 10.1. The molecule has 0 radical (unpaired) electrons. The first-order valence-electron chi connectivity index (χ1n) is 6.18. The number of alkyl halides is 3. The summed E-state index contributed by atoms with van der Waals surface area (Å²) >= 11 is 7.13. The van der Waals surface area contributed by atoms with E-state index >= 15 is 0 Å². The van der Waals surface area contributed by atoms with Gasteiger partial charge in [0.25, 0.3) is 0 Å². The first-order valence-corrected chi connectivity index (χ1v) is 7.38. The number of nitrogens with one attached hydrogen (secondary N) is 1. The predicted molar refractivity (Wildman–Crippen MR) is 79.8 cm³/mol. The zero-order valence-electron chi connectivity index (χ0n) is 11.2. The van der Waals surface area contributed by atoms with Crippen molar-refractivity contribution in [1.29, 1.82) is 0 Å². The van der Waals surface area contributed by atoms with E-state index in [2.05, 4.69) is 5.32 Å². The highest BCUT2D eigenvalue weighted by Crippen LogP contribution is 2.37. The molecule has 0 aromatic heterocycles. The van der Waals surface area contributed by atoms with Gasteiger partial charge in [0.15, 0.2) is 0 Å². The molecule has 2 rings (SSSR count). The molecular formula is C15H13ClF3NS. The molecule has 0 saturated heterocycles. The van der Waals surface area contributed by atoms with Crippen LogP contribution in [0.5, 0.6) is 0 Å². The smallest absolute Gasteiger partial charge is 0.316 e. The minimum absolute atomic E-state index is 0.178. The Morgan fingerprint density at radius 2 is 1.81 bits per heavy atom. The Labute approximate surface area is 130 Å². The van der Waals surface area contributed by atoms with E-state index in [-0.39, 0.29) is 12.1 Å². The van der Waals surface area contributed by atoms with Gasteiger partial charge in [0.2, 0.25) is 0 Å². The number of halogens is 4. The average Bonchev–Trinajstić information content (AvgIpc) is 2.39. The van der Waals surface area contributed by atoms with E-state index < -0.39 is 11.7 Å². The Bertz CT molecular complexity index is 629. The van der Waals surface area contributed by atoms with Gasteiger partial charge in [0, 0.05) is 21.4 Å². The molecule has 0 bridgehead atoms. The maximum atomic E-state index is 13.1. The molecule has 0 atom stereocenters. The van der Waals surface area contributed by atoms with Gasteiger partial charge in [-0.05, 0) is 42.9 Å². The van der Waals surface area contributed by atoms with E-state index in [9.17, 15) is 13.2 Å². The molecule has 0 aliphatic heterocycles. The lowest BCUT2D eigenvalue weighted by Gasteiger charge is -2.14. The van der Waals surface area contributed by atoms with E-state index in [4.69, 9.17) is 11.6 Å². The van der Waals surface area contributed by atoms with Gasteiger partial charge >= 0.3 is 6.18 Å². The monoisotopic (exact) mass is 331 g/mol. The summed E-state index contributed by atoms with van der Waals surface area (Å²) in [6.07, 6.45) is -4.36. The van der Waals surface area contributed by atoms with Gasteiger partial charge in [-0.1, -0.05) is 35.5 Å². The number of rotatable bonds is 4. The largest absolute Gasteiger partial charge is 0.416 e. The summed E-state index contributed by atoms with van der Waals surface area (Å²) in [4.78, 5) is 1.33. The molecule has 0 aliphatic rings. The fourth-order valence-electron chi connectivity index (χ4n) is 1.89. The molecule has 21 heavy (non-hydrogen) atoms. The number of hydrogen-bond donors (Lipinski definition) is 1. The SMILES string of the molecule is CNCc1ccc(Sc2cccc(Cl)c2)cc1C(F)(F)F. The maximum Gasteiger partial charge on any atom is 0.416 e. The van der Waals surface area contributed by atoms with Gasteiger partial charge < -0.3 is 5.32 Å². The number of benzene rings is 2. The minimum atomic E-state index is -4.36. The highest BCUT2D eigenvalue weighted by molar-refractivity contribution is 7.99. The van der Waals surface area contributed by atoms with E-state index in [1.54, 1.807) is 31.3 Å². The standard InChI is InChI=1S/C15H13ClF3NS/c1-20-9-10-5-6-13(8-14(10)15(17,18)19)21-12-4-2-3-11(16)7-12/h2-8,20H,9H2,1H3. The van der Waals surface area contributed by atoms with Crippen molar-refractivity contribution < 1.29 is 13.2 Å². The van der Waals surface area contributed by atoms with Crippen LogP contribution in [-0.4, -0.2) is 7.05 Å². The van der Waals surface area contributed by atoms with Gasteiger partial charge in [-0.15, -0.1) is 0 Å². The fourth-order valence-corrected chi connectivity index (χ4v) is 3.07. The zero-order chi connectivity index (χ0) is 15.5. The Morgan fingerprint density at radius 3 is 2.43 bits per heavy atom. The molecule has 2 aromatic rings. The van der Waals surface area contributed by atoms with Crippen molar-refractivity contribution in [3.63, 3.8) is 0 Å². The van der Waals surface area contributed by atoms with Crippen molar-refractivity contribution in [3.05, 3.63) is 58.6 Å². The van der Waals surface area contributed by atoms with Gasteiger partial charge in [-0.2, -0.15) is 13.2 Å². The topological polar surface area (TPSA) is 12.0 Å². The molecule has 0 spiro atoms. The van der Waals surface area contributed by atoms with Crippen molar-refractivity contribution in [3.8, 4) is 0 Å². The quantitative estimate of drug-likeness (QED) is 0.823. The van der Waals surface area contributed by atoms with Gasteiger partial charge in [0.1, 0.15) is 0 Å². The molecule has 0 heterocycles. The molecule has 2 aromatic carbocycles. The molecule has 6 heteroatoms. The van der Waals surface area contributed by atoms with Crippen LogP contribution < -0.4 is 5.32 Å². The summed E-state index contributed by atoms with van der Waals surface area (Å²) in [6, 6.07) is 11.4. The van der Waals surface area contributed by atoms with E-state index in [1.165, 1.54) is 23.9 Å². The molecule has 0 fully saturated rings. The Balaban J connectivity index is 2.33. The maximum absolute atomic E-state index is 13.1. The first-order chi connectivity index (χ1) is 9.90. The number of hydrogen-bond acceptors (Lipinski definition) is 2. The van der Waals surface area contributed by atoms with Gasteiger partial charge in [-0.3, -0.25) is 0 Å². The Morgan fingerprint density at radius 1 is 1.10 bits per heavy atom. The van der Waals surface area contributed by atoms with Gasteiger partial charge in [0.05, 0.1) is 5.56 Å². The van der Waals surface area contributed by atoms with E-state index in [0.717, 1.165) is 4.90 Å². The molecular weight excluding hydrogens is 319 g/mol. The summed E-state index contributed by atoms with van der Waals surface area (Å²) < 4.78 is 39.3. The van der Waals surface area contributed by atoms with Crippen LogP contribution in [0.15, 0.2) is 52.3 Å². The summed E-state index contributed by atoms with van der Waals surface area (Å²) in [5, 5.41) is 3.31. The lowest BCUT2D eigenvalue weighted by molar-refractivity contribution is -0.138. The lowest BCUT2D eigenvalue weighted by Crippen LogP contribution is -2.14. The van der Waals surface area contributed by atoms with E-state index in [0.29, 0.717) is 9.92 Å². The van der Waals surface area contributed by atoms with Crippen LogP contribution in [0.4, 0.5) is 13.2 Å². The molecule has 0 saturated carbocycles. The van der Waals surface area contributed by atoms with Crippen LogP contribution in [-0.2, 0) is 12.7 Å². The molecule has 0 unspecified atom stereocenters. The minimum Gasteiger partial charge on any atom is -0.316 e. The van der Waals surface area contributed by atoms with Crippen molar-refractivity contribution >= 4 is 23.4 Å². The zero-order valence-corrected chi connectivity index (χ0v) is 12.7. The second-order valence-corrected chi connectivity index (χ2v) is 5.99. The summed E-state index contributed by atoms with van der Waals surface area (Å²) in [6.45, 7) is 0.178. The van der Waals surface area contributed by atoms with Gasteiger partial charge in [-0.25, -0.2) is 0 Å². The third kappa shape index (κ3) is 4.40. The fraction of sp³-hybridized carbons (Fsp3) is 0.200. The summed E-state index contributed by atoms with van der Waals surface area (Å²) in [5.74, 6) is 0. The second-order valence-electron chi connectivity index (χ2n) is 4.41. The van der Waals surface area contributed by atoms with Crippen LogP contribution in [0, 0.1) is 0 Å². The van der Waals surface area contributed by atoms with Crippen molar-refractivity contribution in [2.24, 2.45) is 0 Å². The third-order valence-electron chi connectivity index (χ3n) is 2.79. The molecule has 1 N–H and O–H groups in total. The first kappa shape index (κ1) is 16.2. The van der Waals surface area contributed by atoms with E-state index in [1.807, 2.05) is 6.07 Å². The molecule has 0 aliphatic carbocycles. The Hall–Kier alpha value is -1.17. The van der Waals surface area contributed by atoms with Crippen molar-refractivity contribution in [1.82, 2.24) is 5.32 Å². The van der Waals surface area contributed by atoms with Crippen LogP contribution in [0.3, 0.4) is 0 Å². The van der Waals surface area contributed by atoms with Crippen LogP contribution >= 0.6 is 23.4 Å². The molecule has 1 nitrogen and oxygen atoms in total. The highest BCUT2D eigenvalue weighted by atomic mass is 35.5. The van der Waals surface area contributed by atoms with Crippen molar-refractivity contribution in [2.45, 2.75) is 22.5 Å².